The van der Waals surface area contributed by atoms with Crippen LogP contribution in [0.2, 0.25) is 0 Å². The minimum atomic E-state index is -0.286. The van der Waals surface area contributed by atoms with Crippen LogP contribution in [0.1, 0.15) is 35.0 Å². The predicted molar refractivity (Wildman–Crippen MR) is 118 cm³/mol. The number of aryl methyl sites for hydroxylation is 1. The molecule has 0 unspecified atom stereocenters. The Balaban J connectivity index is 1.58. The van der Waals surface area contributed by atoms with E-state index in [9.17, 15) is 14.4 Å². The maximum absolute atomic E-state index is 13.0. The lowest BCUT2D eigenvalue weighted by molar-refractivity contribution is -0.133. The number of likely N-dealkylation sites (tertiary alicyclic amines) is 1. The summed E-state index contributed by atoms with van der Waals surface area (Å²) in [5.41, 5.74) is 0.993. The Morgan fingerprint density at radius 2 is 1.90 bits per heavy atom. The zero-order chi connectivity index (χ0) is 21.3. The highest BCUT2D eigenvalue weighted by Gasteiger charge is 2.23. The number of aromatic nitrogens is 2. The van der Waals surface area contributed by atoms with Crippen LogP contribution < -0.4 is 10.9 Å². The number of benzene rings is 1. The first-order valence-corrected chi connectivity index (χ1v) is 10.9. The summed E-state index contributed by atoms with van der Waals surface area (Å²) in [5.74, 6) is 0.287. The number of piperidine rings is 1. The van der Waals surface area contributed by atoms with Gasteiger partial charge in [0.25, 0.3) is 11.5 Å². The van der Waals surface area contributed by atoms with Gasteiger partial charge in [0.1, 0.15) is 11.4 Å². The average molecular weight is 425 g/mol. The molecule has 4 rings (SSSR count). The van der Waals surface area contributed by atoms with Gasteiger partial charge in [0, 0.05) is 18.8 Å². The molecule has 3 aromatic rings. The van der Waals surface area contributed by atoms with Gasteiger partial charge in [0.15, 0.2) is 0 Å². The molecule has 0 atom stereocenters. The number of carbonyl (C=O) groups is 2. The molecular formula is C22H24N4O3S. The number of nitrogens with one attached hydrogen (secondary N) is 1. The minimum absolute atomic E-state index is 0.0308. The average Bonchev–Trinajstić information content (AvgIpc) is 3.08. The molecule has 0 aliphatic carbocycles. The predicted octanol–water partition coefficient (Wildman–Crippen LogP) is 3.28. The molecule has 2 amide bonds. The van der Waals surface area contributed by atoms with Crippen LogP contribution in [0.25, 0.3) is 10.2 Å². The maximum Gasteiger partial charge on any atom is 0.266 e. The van der Waals surface area contributed by atoms with E-state index in [2.05, 4.69) is 17.2 Å². The highest BCUT2D eigenvalue weighted by Crippen LogP contribution is 2.27. The van der Waals surface area contributed by atoms with Crippen LogP contribution in [0.5, 0.6) is 0 Å². The molecule has 1 aromatic carbocycles. The normalized spacial score (nSPS) is 14.8. The van der Waals surface area contributed by atoms with Crippen LogP contribution in [0.3, 0.4) is 0 Å². The molecular weight excluding hydrogens is 400 g/mol. The maximum atomic E-state index is 13.0. The van der Waals surface area contributed by atoms with Gasteiger partial charge in [0.05, 0.1) is 16.6 Å². The smallest absolute Gasteiger partial charge is 0.266 e. The van der Waals surface area contributed by atoms with E-state index >= 15 is 0 Å². The molecule has 0 saturated carbocycles. The van der Waals surface area contributed by atoms with E-state index in [1.54, 1.807) is 19.1 Å². The van der Waals surface area contributed by atoms with E-state index < -0.39 is 0 Å². The number of nitrogens with zero attached hydrogens (tertiary/aromatic N) is 3. The van der Waals surface area contributed by atoms with Crippen LogP contribution in [-0.2, 0) is 11.3 Å². The van der Waals surface area contributed by atoms with Gasteiger partial charge >= 0.3 is 0 Å². The van der Waals surface area contributed by atoms with Gasteiger partial charge in [-0.2, -0.15) is 0 Å². The number of thiophene rings is 1. The second-order valence-corrected chi connectivity index (χ2v) is 8.80. The van der Waals surface area contributed by atoms with Crippen molar-refractivity contribution in [3.8, 4) is 0 Å². The molecule has 8 heteroatoms. The monoisotopic (exact) mass is 424 g/mol. The lowest BCUT2D eigenvalue weighted by Gasteiger charge is -2.30. The molecule has 2 aromatic heterocycles. The van der Waals surface area contributed by atoms with Crippen molar-refractivity contribution in [3.63, 3.8) is 0 Å². The Morgan fingerprint density at radius 1 is 1.20 bits per heavy atom. The Morgan fingerprint density at radius 3 is 2.60 bits per heavy atom. The number of anilines is 1. The molecule has 30 heavy (non-hydrogen) atoms. The largest absolute Gasteiger partial charge is 0.341 e. The number of para-hydroxylation sites is 1. The van der Waals surface area contributed by atoms with Crippen LogP contribution >= 0.6 is 11.3 Å². The van der Waals surface area contributed by atoms with Crippen LogP contribution in [0, 0.1) is 12.8 Å². The van der Waals surface area contributed by atoms with E-state index in [0.717, 1.165) is 25.9 Å². The molecule has 1 N–H and O–H groups in total. The molecule has 0 bridgehead atoms. The third-order valence-electron chi connectivity index (χ3n) is 5.60. The van der Waals surface area contributed by atoms with E-state index in [-0.39, 0.29) is 23.9 Å². The number of hydrogen-bond acceptors (Lipinski definition) is 5. The van der Waals surface area contributed by atoms with Crippen molar-refractivity contribution in [2.45, 2.75) is 33.2 Å². The van der Waals surface area contributed by atoms with E-state index in [4.69, 9.17) is 0 Å². The number of amides is 2. The first kappa shape index (κ1) is 20.3. The van der Waals surface area contributed by atoms with Gasteiger partial charge in [-0.05, 0) is 43.4 Å². The fourth-order valence-corrected chi connectivity index (χ4v) is 4.74. The quantitative estimate of drug-likeness (QED) is 0.697. The molecule has 156 valence electrons. The van der Waals surface area contributed by atoms with Gasteiger partial charge < -0.3 is 10.2 Å². The first-order chi connectivity index (χ1) is 14.4. The van der Waals surface area contributed by atoms with Crippen LogP contribution in [0.4, 0.5) is 5.69 Å². The Kier molecular flexibility index (Phi) is 5.67. The SMILES string of the molecule is Cc1c(C(=O)Nc2ccccc2)sc2ncn(CC(=O)N3CCC(C)CC3)c(=O)c12. The zero-order valence-electron chi connectivity index (χ0n) is 17.1. The summed E-state index contributed by atoms with van der Waals surface area (Å²) >= 11 is 1.19. The summed E-state index contributed by atoms with van der Waals surface area (Å²) in [6.07, 6.45) is 3.38. The number of carbonyl (C=O) groups excluding carboxylic acids is 2. The number of fused-ring (bicyclic) bond motifs is 1. The van der Waals surface area contributed by atoms with E-state index in [0.29, 0.717) is 32.3 Å². The highest BCUT2D eigenvalue weighted by molar-refractivity contribution is 7.20. The van der Waals surface area contributed by atoms with Crippen LogP contribution in [-0.4, -0.2) is 39.4 Å². The van der Waals surface area contributed by atoms with Gasteiger partial charge in [-0.3, -0.25) is 19.0 Å². The highest BCUT2D eigenvalue weighted by atomic mass is 32.1. The van der Waals surface area contributed by atoms with Gasteiger partial charge in [-0.25, -0.2) is 4.98 Å². The Bertz CT molecular complexity index is 1140. The van der Waals surface area contributed by atoms with Crippen molar-refractivity contribution in [2.24, 2.45) is 5.92 Å². The van der Waals surface area contributed by atoms with Gasteiger partial charge in [-0.1, -0.05) is 25.1 Å². The first-order valence-electron chi connectivity index (χ1n) is 10.1. The summed E-state index contributed by atoms with van der Waals surface area (Å²) in [6.45, 7) is 5.36. The summed E-state index contributed by atoms with van der Waals surface area (Å²) < 4.78 is 1.35. The minimum Gasteiger partial charge on any atom is -0.341 e. The van der Waals surface area contributed by atoms with Crippen molar-refractivity contribution in [1.82, 2.24) is 14.5 Å². The molecule has 1 saturated heterocycles. The molecule has 0 radical (unpaired) electrons. The molecule has 7 nitrogen and oxygen atoms in total. The second-order valence-electron chi connectivity index (χ2n) is 7.80. The summed E-state index contributed by atoms with van der Waals surface area (Å²) in [6, 6.07) is 9.16. The fraction of sp³-hybridized carbons (Fsp3) is 0.364. The summed E-state index contributed by atoms with van der Waals surface area (Å²) in [7, 11) is 0. The third kappa shape index (κ3) is 4.00. The third-order valence-corrected chi connectivity index (χ3v) is 6.80. The lowest BCUT2D eigenvalue weighted by Crippen LogP contribution is -2.41. The Hall–Kier alpha value is -3.00. The van der Waals surface area contributed by atoms with Crippen molar-refractivity contribution in [2.75, 3.05) is 18.4 Å². The second kappa shape index (κ2) is 8.39. The van der Waals surface area contributed by atoms with E-state index in [1.165, 1.54) is 22.2 Å². The van der Waals surface area contributed by atoms with Crippen molar-refractivity contribution in [1.29, 1.82) is 0 Å². The van der Waals surface area contributed by atoms with Crippen molar-refractivity contribution in [3.05, 3.63) is 57.5 Å². The number of rotatable bonds is 4. The number of hydrogen-bond donors (Lipinski definition) is 1. The van der Waals surface area contributed by atoms with Gasteiger partial charge in [0.2, 0.25) is 5.91 Å². The molecule has 3 heterocycles. The summed E-state index contributed by atoms with van der Waals surface area (Å²) in [4.78, 5) is 45.5. The van der Waals surface area contributed by atoms with Gasteiger partial charge in [-0.15, -0.1) is 11.3 Å². The van der Waals surface area contributed by atoms with Crippen molar-refractivity contribution < 1.29 is 9.59 Å². The Labute approximate surface area is 178 Å². The summed E-state index contributed by atoms with van der Waals surface area (Å²) in [5, 5.41) is 3.25. The van der Waals surface area contributed by atoms with Crippen LogP contribution in [0.15, 0.2) is 41.5 Å². The standard InChI is InChI=1S/C22H24N4O3S/c1-14-8-10-25(11-9-14)17(27)12-26-13-23-21-18(22(26)29)15(2)19(30-21)20(28)24-16-6-4-3-5-7-16/h3-7,13-14H,8-12H2,1-2H3,(H,24,28). The zero-order valence-corrected chi connectivity index (χ0v) is 17.9. The fourth-order valence-electron chi connectivity index (χ4n) is 3.70. The lowest BCUT2D eigenvalue weighted by atomic mass is 9.99. The topological polar surface area (TPSA) is 84.3 Å². The van der Waals surface area contributed by atoms with Crippen molar-refractivity contribution >= 4 is 39.1 Å². The molecule has 1 fully saturated rings. The molecule has 1 aliphatic rings. The van der Waals surface area contributed by atoms with E-state index in [1.807, 2.05) is 23.1 Å². The molecule has 1 aliphatic heterocycles. The molecule has 0 spiro atoms.